The van der Waals surface area contributed by atoms with E-state index in [1.165, 1.54) is 0 Å². The summed E-state index contributed by atoms with van der Waals surface area (Å²) >= 11 is 0. The van der Waals surface area contributed by atoms with Crippen molar-refractivity contribution in [1.82, 2.24) is 14.5 Å². The van der Waals surface area contributed by atoms with E-state index in [2.05, 4.69) is 4.98 Å². The van der Waals surface area contributed by atoms with Crippen LogP contribution in [0.25, 0.3) is 0 Å². The van der Waals surface area contributed by atoms with Gasteiger partial charge in [-0.3, -0.25) is 0 Å². The number of carbonyl (C=O) groups is 1. The zero-order valence-corrected chi connectivity index (χ0v) is 13.7. The molecule has 2 aliphatic heterocycles. The maximum absolute atomic E-state index is 12.4. The number of aliphatic hydroxyl groups is 1. The van der Waals surface area contributed by atoms with E-state index in [1.54, 1.807) is 6.20 Å². The Morgan fingerprint density at radius 2 is 1.95 bits per heavy atom. The van der Waals surface area contributed by atoms with E-state index < -0.39 is 11.2 Å². The molecule has 1 aromatic rings. The third-order valence-corrected chi connectivity index (χ3v) is 4.61. The summed E-state index contributed by atoms with van der Waals surface area (Å²) < 4.78 is 7.39. The van der Waals surface area contributed by atoms with Crippen LogP contribution >= 0.6 is 0 Å². The number of rotatable bonds is 1. The molecule has 22 heavy (non-hydrogen) atoms. The summed E-state index contributed by atoms with van der Waals surface area (Å²) in [5.41, 5.74) is -1.45. The molecule has 6 nitrogen and oxygen atoms in total. The second-order valence-corrected chi connectivity index (χ2v) is 7.57. The number of carbonyl (C=O) groups excluding carboxylic acids is 1. The molecule has 122 valence electrons. The highest BCUT2D eigenvalue weighted by molar-refractivity contribution is 5.69. The summed E-state index contributed by atoms with van der Waals surface area (Å²) in [6, 6.07) is 0.0469. The molecule has 0 radical (unpaired) electrons. The van der Waals surface area contributed by atoms with Gasteiger partial charge in [0.1, 0.15) is 17.0 Å². The molecule has 1 amide bonds. The van der Waals surface area contributed by atoms with Gasteiger partial charge in [-0.05, 0) is 33.6 Å². The molecule has 0 aliphatic carbocycles. The predicted molar refractivity (Wildman–Crippen MR) is 81.2 cm³/mol. The molecular weight excluding hydrogens is 282 g/mol. The Hall–Kier alpha value is -1.56. The summed E-state index contributed by atoms with van der Waals surface area (Å²) in [6.07, 6.45) is 6.15. The molecule has 3 heterocycles. The van der Waals surface area contributed by atoms with E-state index in [4.69, 9.17) is 4.74 Å². The lowest BCUT2D eigenvalue weighted by atomic mass is 9.85. The lowest BCUT2D eigenvalue weighted by molar-refractivity contribution is -0.0685. The molecule has 2 fully saturated rings. The smallest absolute Gasteiger partial charge is 0.410 e. The number of amides is 1. The van der Waals surface area contributed by atoms with Crippen molar-refractivity contribution in [2.45, 2.75) is 69.7 Å². The minimum Gasteiger partial charge on any atom is -0.444 e. The zero-order valence-electron chi connectivity index (χ0n) is 13.7. The van der Waals surface area contributed by atoms with E-state index in [1.807, 2.05) is 43.5 Å². The van der Waals surface area contributed by atoms with Gasteiger partial charge in [0.25, 0.3) is 0 Å². The summed E-state index contributed by atoms with van der Waals surface area (Å²) in [6.45, 7) is 5.63. The number of hydrogen-bond acceptors (Lipinski definition) is 4. The SMILES string of the molecule is Cn1ccnc1C1(O)CC2CCC(C1)N2C(=O)OC(C)(C)C. The van der Waals surface area contributed by atoms with Crippen molar-refractivity contribution in [3.8, 4) is 0 Å². The Bertz CT molecular complexity index is 561. The molecule has 0 saturated carbocycles. The first-order valence-corrected chi connectivity index (χ1v) is 7.91. The van der Waals surface area contributed by atoms with Gasteiger partial charge in [0.2, 0.25) is 0 Å². The highest BCUT2D eigenvalue weighted by Crippen LogP contribution is 2.45. The van der Waals surface area contributed by atoms with Gasteiger partial charge < -0.3 is 19.3 Å². The molecule has 1 aromatic heterocycles. The second-order valence-electron chi connectivity index (χ2n) is 7.57. The van der Waals surface area contributed by atoms with Gasteiger partial charge in [-0.25, -0.2) is 9.78 Å². The summed E-state index contributed by atoms with van der Waals surface area (Å²) in [4.78, 5) is 18.6. The molecular formula is C16H25N3O3. The first-order chi connectivity index (χ1) is 10.2. The van der Waals surface area contributed by atoms with E-state index in [9.17, 15) is 9.90 Å². The van der Waals surface area contributed by atoms with Gasteiger partial charge >= 0.3 is 6.09 Å². The van der Waals surface area contributed by atoms with Crippen molar-refractivity contribution in [3.63, 3.8) is 0 Å². The molecule has 2 bridgehead atoms. The number of ether oxygens (including phenoxy) is 1. The molecule has 2 unspecified atom stereocenters. The van der Waals surface area contributed by atoms with Gasteiger partial charge in [-0.2, -0.15) is 0 Å². The monoisotopic (exact) mass is 307 g/mol. The van der Waals surface area contributed by atoms with Crippen LogP contribution in [-0.2, 0) is 17.4 Å². The molecule has 0 spiro atoms. The number of piperidine rings is 1. The van der Waals surface area contributed by atoms with Crippen LogP contribution in [0.2, 0.25) is 0 Å². The number of nitrogens with zero attached hydrogens (tertiary/aromatic N) is 3. The van der Waals surface area contributed by atoms with Crippen molar-refractivity contribution in [2.24, 2.45) is 7.05 Å². The molecule has 1 N–H and O–H groups in total. The fourth-order valence-corrected chi connectivity index (χ4v) is 3.83. The average molecular weight is 307 g/mol. The van der Waals surface area contributed by atoms with Crippen molar-refractivity contribution in [3.05, 3.63) is 18.2 Å². The Kier molecular flexibility index (Phi) is 3.47. The maximum Gasteiger partial charge on any atom is 0.410 e. The Labute approximate surface area is 131 Å². The highest BCUT2D eigenvalue weighted by Gasteiger charge is 2.52. The number of fused-ring (bicyclic) bond motifs is 2. The minimum absolute atomic E-state index is 0.0234. The molecule has 2 aliphatic rings. The topological polar surface area (TPSA) is 67.6 Å². The number of aromatic nitrogens is 2. The minimum atomic E-state index is -0.956. The van der Waals surface area contributed by atoms with Crippen LogP contribution in [0, 0.1) is 0 Å². The van der Waals surface area contributed by atoms with Crippen molar-refractivity contribution in [1.29, 1.82) is 0 Å². The third kappa shape index (κ3) is 2.60. The Balaban J connectivity index is 1.80. The van der Waals surface area contributed by atoms with Crippen molar-refractivity contribution >= 4 is 6.09 Å². The van der Waals surface area contributed by atoms with Crippen LogP contribution in [0.1, 0.15) is 52.3 Å². The molecule has 2 saturated heterocycles. The van der Waals surface area contributed by atoms with Crippen LogP contribution in [0.3, 0.4) is 0 Å². The van der Waals surface area contributed by atoms with Crippen LogP contribution in [0.4, 0.5) is 4.79 Å². The van der Waals surface area contributed by atoms with Gasteiger partial charge in [0.05, 0.1) is 0 Å². The Morgan fingerprint density at radius 1 is 1.36 bits per heavy atom. The van der Waals surface area contributed by atoms with Crippen LogP contribution < -0.4 is 0 Å². The Morgan fingerprint density at radius 3 is 2.41 bits per heavy atom. The quantitative estimate of drug-likeness (QED) is 0.863. The van der Waals surface area contributed by atoms with Gasteiger partial charge in [-0.1, -0.05) is 0 Å². The summed E-state index contributed by atoms with van der Waals surface area (Å²) in [5, 5.41) is 11.1. The number of imidazole rings is 1. The lowest BCUT2D eigenvalue weighted by Crippen LogP contribution is -2.53. The van der Waals surface area contributed by atoms with Crippen molar-refractivity contribution in [2.75, 3.05) is 0 Å². The van der Waals surface area contributed by atoms with E-state index in [0.29, 0.717) is 18.7 Å². The van der Waals surface area contributed by atoms with Gasteiger partial charge in [0.15, 0.2) is 0 Å². The standard InChI is InChI=1S/C16H25N3O3/c1-15(2,3)22-14(20)19-11-5-6-12(19)10-16(21,9-11)13-17-7-8-18(13)4/h7-8,11-12,21H,5-6,9-10H2,1-4H3. The first kappa shape index (κ1) is 15.3. The second kappa shape index (κ2) is 4.98. The third-order valence-electron chi connectivity index (χ3n) is 4.61. The first-order valence-electron chi connectivity index (χ1n) is 7.91. The van der Waals surface area contributed by atoms with Gasteiger partial charge in [0, 0.05) is 44.4 Å². The molecule has 0 aromatic carbocycles. The van der Waals surface area contributed by atoms with E-state index in [-0.39, 0.29) is 18.2 Å². The lowest BCUT2D eigenvalue weighted by Gasteiger charge is -2.43. The van der Waals surface area contributed by atoms with Crippen LogP contribution in [0.15, 0.2) is 12.4 Å². The zero-order chi connectivity index (χ0) is 16.1. The fraction of sp³-hybridized carbons (Fsp3) is 0.750. The summed E-state index contributed by atoms with van der Waals surface area (Å²) in [7, 11) is 1.89. The number of hydrogen-bond donors (Lipinski definition) is 1. The predicted octanol–water partition coefficient (Wildman–Crippen LogP) is 2.17. The molecule has 6 heteroatoms. The van der Waals surface area contributed by atoms with E-state index in [0.717, 1.165) is 12.8 Å². The number of aryl methyl sites for hydroxylation is 1. The normalized spacial score (nSPS) is 31.4. The van der Waals surface area contributed by atoms with Crippen LogP contribution in [0.5, 0.6) is 0 Å². The van der Waals surface area contributed by atoms with Gasteiger partial charge in [-0.15, -0.1) is 0 Å². The maximum atomic E-state index is 12.4. The fourth-order valence-electron chi connectivity index (χ4n) is 3.83. The average Bonchev–Trinajstić information content (AvgIpc) is 2.91. The largest absolute Gasteiger partial charge is 0.444 e. The molecule has 3 rings (SSSR count). The van der Waals surface area contributed by atoms with Crippen LogP contribution in [-0.4, -0.2) is 43.3 Å². The van der Waals surface area contributed by atoms with Crippen molar-refractivity contribution < 1.29 is 14.6 Å². The highest BCUT2D eigenvalue weighted by atomic mass is 16.6. The summed E-state index contributed by atoms with van der Waals surface area (Å²) in [5.74, 6) is 0.688. The molecule has 2 atom stereocenters. The van der Waals surface area contributed by atoms with E-state index >= 15 is 0 Å².